The van der Waals surface area contributed by atoms with Gasteiger partial charge in [0.1, 0.15) is 5.01 Å². The molecule has 1 aromatic heterocycles. The number of hydrogen-bond donors (Lipinski definition) is 0. The van der Waals surface area contributed by atoms with E-state index in [1.54, 1.807) is 11.3 Å². The molecule has 12 heavy (non-hydrogen) atoms. The van der Waals surface area contributed by atoms with E-state index in [0.717, 1.165) is 35.0 Å². The fourth-order valence-electron chi connectivity index (χ4n) is 1.33. The van der Waals surface area contributed by atoms with E-state index >= 15 is 0 Å². The van der Waals surface area contributed by atoms with Crippen LogP contribution >= 0.6 is 27.3 Å². The molecule has 0 aliphatic carbocycles. The molecule has 0 atom stereocenters. The normalized spacial score (nSPS) is 19.8. The number of nitrogens with zero attached hydrogens (tertiary/aromatic N) is 2. The van der Waals surface area contributed by atoms with Crippen LogP contribution in [0.5, 0.6) is 0 Å². The third-order valence-electron chi connectivity index (χ3n) is 1.99. The number of rotatable bonds is 1. The Balaban J connectivity index is 2.08. The number of aromatic nitrogens is 2. The first-order valence-corrected chi connectivity index (χ1v) is 5.54. The number of hydrogen-bond acceptors (Lipinski definition) is 4. The van der Waals surface area contributed by atoms with Gasteiger partial charge in [-0.05, 0) is 28.8 Å². The molecule has 1 fully saturated rings. The zero-order chi connectivity index (χ0) is 8.39. The van der Waals surface area contributed by atoms with Gasteiger partial charge in [-0.3, -0.25) is 0 Å². The molecule has 0 spiro atoms. The van der Waals surface area contributed by atoms with Gasteiger partial charge in [0.05, 0.1) is 0 Å². The van der Waals surface area contributed by atoms with Crippen molar-refractivity contribution >= 4 is 27.3 Å². The molecule has 5 heteroatoms. The van der Waals surface area contributed by atoms with E-state index in [0.29, 0.717) is 5.92 Å². The molecule has 0 saturated carbocycles. The Labute approximate surface area is 83.3 Å². The molecule has 2 heterocycles. The van der Waals surface area contributed by atoms with Crippen LogP contribution in [0.2, 0.25) is 0 Å². The van der Waals surface area contributed by atoms with Crippen molar-refractivity contribution in [3.8, 4) is 0 Å². The fourth-order valence-corrected chi connectivity index (χ4v) is 2.64. The van der Waals surface area contributed by atoms with E-state index in [9.17, 15) is 0 Å². The smallest absolute Gasteiger partial charge is 0.183 e. The van der Waals surface area contributed by atoms with Crippen LogP contribution in [0.4, 0.5) is 0 Å². The maximum atomic E-state index is 5.27. The summed E-state index contributed by atoms with van der Waals surface area (Å²) in [4.78, 5) is 0. The lowest BCUT2D eigenvalue weighted by molar-refractivity contribution is 0.0851. The van der Waals surface area contributed by atoms with E-state index in [4.69, 9.17) is 4.74 Å². The summed E-state index contributed by atoms with van der Waals surface area (Å²) >= 11 is 4.95. The summed E-state index contributed by atoms with van der Waals surface area (Å²) in [5.41, 5.74) is 0. The Morgan fingerprint density at radius 3 is 2.67 bits per heavy atom. The highest BCUT2D eigenvalue weighted by Crippen LogP contribution is 2.30. The quantitative estimate of drug-likeness (QED) is 0.765. The van der Waals surface area contributed by atoms with Crippen molar-refractivity contribution < 1.29 is 4.74 Å². The van der Waals surface area contributed by atoms with Crippen molar-refractivity contribution in [3.05, 3.63) is 8.92 Å². The van der Waals surface area contributed by atoms with Gasteiger partial charge in [0.2, 0.25) is 0 Å². The van der Waals surface area contributed by atoms with Gasteiger partial charge in [0.15, 0.2) is 3.92 Å². The van der Waals surface area contributed by atoms with Crippen LogP contribution in [0.15, 0.2) is 3.92 Å². The Kier molecular flexibility index (Phi) is 2.73. The molecular weight excluding hydrogens is 240 g/mol. The molecule has 1 aromatic rings. The van der Waals surface area contributed by atoms with E-state index in [1.165, 1.54) is 0 Å². The molecule has 0 N–H and O–H groups in total. The Hall–Kier alpha value is -0.0000000000000000555. The van der Waals surface area contributed by atoms with Gasteiger partial charge in [-0.2, -0.15) is 0 Å². The van der Waals surface area contributed by atoms with Crippen molar-refractivity contribution in [2.24, 2.45) is 0 Å². The van der Waals surface area contributed by atoms with Crippen LogP contribution in [0.3, 0.4) is 0 Å². The SMILES string of the molecule is Brc1nnc(C2CCOCC2)s1. The maximum Gasteiger partial charge on any atom is 0.183 e. The molecule has 3 nitrogen and oxygen atoms in total. The van der Waals surface area contributed by atoms with Crippen molar-refractivity contribution in [3.63, 3.8) is 0 Å². The van der Waals surface area contributed by atoms with Crippen molar-refractivity contribution in [2.75, 3.05) is 13.2 Å². The lowest BCUT2D eigenvalue weighted by atomic mass is 10.0. The molecule has 0 bridgehead atoms. The highest BCUT2D eigenvalue weighted by Gasteiger charge is 2.19. The first kappa shape index (κ1) is 8.59. The van der Waals surface area contributed by atoms with Gasteiger partial charge in [0.25, 0.3) is 0 Å². The second-order valence-electron chi connectivity index (χ2n) is 2.78. The predicted octanol–water partition coefficient (Wildman–Crippen LogP) is 2.19. The average Bonchev–Trinajstić information content (AvgIpc) is 2.54. The van der Waals surface area contributed by atoms with Gasteiger partial charge in [0, 0.05) is 19.1 Å². The minimum Gasteiger partial charge on any atom is -0.381 e. The van der Waals surface area contributed by atoms with Crippen LogP contribution in [-0.4, -0.2) is 23.4 Å². The van der Waals surface area contributed by atoms with E-state index in [1.807, 2.05) is 0 Å². The molecule has 1 aliphatic heterocycles. The lowest BCUT2D eigenvalue weighted by Gasteiger charge is -2.18. The first-order chi connectivity index (χ1) is 5.86. The summed E-state index contributed by atoms with van der Waals surface area (Å²) in [6.45, 7) is 1.73. The van der Waals surface area contributed by atoms with Gasteiger partial charge in [-0.1, -0.05) is 11.3 Å². The zero-order valence-corrected chi connectivity index (χ0v) is 8.90. The summed E-state index contributed by atoms with van der Waals surface area (Å²) < 4.78 is 6.15. The third kappa shape index (κ3) is 1.84. The summed E-state index contributed by atoms with van der Waals surface area (Å²) in [6.07, 6.45) is 2.17. The topological polar surface area (TPSA) is 35.0 Å². The average molecular weight is 249 g/mol. The molecular formula is C7H9BrN2OS. The minimum absolute atomic E-state index is 0.572. The summed E-state index contributed by atoms with van der Waals surface area (Å²) in [6, 6.07) is 0. The maximum absolute atomic E-state index is 5.27. The van der Waals surface area contributed by atoms with Crippen LogP contribution in [0, 0.1) is 0 Å². The Morgan fingerprint density at radius 1 is 1.33 bits per heavy atom. The van der Waals surface area contributed by atoms with Crippen molar-refractivity contribution in [1.29, 1.82) is 0 Å². The predicted molar refractivity (Wildman–Crippen MR) is 50.4 cm³/mol. The third-order valence-corrected chi connectivity index (χ3v) is 3.50. The molecule has 0 unspecified atom stereocenters. The zero-order valence-electron chi connectivity index (χ0n) is 6.49. The molecule has 0 amide bonds. The number of ether oxygens (including phenoxy) is 1. The van der Waals surface area contributed by atoms with E-state index in [-0.39, 0.29) is 0 Å². The Bertz CT molecular complexity index is 260. The summed E-state index contributed by atoms with van der Waals surface area (Å²) in [7, 11) is 0. The minimum atomic E-state index is 0.572. The standard InChI is InChI=1S/C7H9BrN2OS/c8-7-10-9-6(12-7)5-1-3-11-4-2-5/h5H,1-4H2. The molecule has 1 aliphatic rings. The summed E-state index contributed by atoms with van der Waals surface area (Å²) in [5, 5.41) is 9.19. The second kappa shape index (κ2) is 3.81. The fraction of sp³-hybridized carbons (Fsp3) is 0.714. The number of halogens is 1. The first-order valence-electron chi connectivity index (χ1n) is 3.93. The molecule has 1 saturated heterocycles. The molecule has 0 radical (unpaired) electrons. The van der Waals surface area contributed by atoms with Gasteiger partial charge in [-0.15, -0.1) is 10.2 Å². The van der Waals surface area contributed by atoms with Gasteiger partial charge >= 0.3 is 0 Å². The monoisotopic (exact) mass is 248 g/mol. The summed E-state index contributed by atoms with van der Waals surface area (Å²) in [5.74, 6) is 0.572. The van der Waals surface area contributed by atoms with Crippen LogP contribution in [0.1, 0.15) is 23.8 Å². The Morgan fingerprint density at radius 2 is 2.08 bits per heavy atom. The molecule has 66 valence electrons. The molecule has 2 rings (SSSR count). The van der Waals surface area contributed by atoms with E-state index < -0.39 is 0 Å². The largest absolute Gasteiger partial charge is 0.381 e. The lowest BCUT2D eigenvalue weighted by Crippen LogP contribution is -2.13. The van der Waals surface area contributed by atoms with Gasteiger partial charge < -0.3 is 4.74 Å². The second-order valence-corrected chi connectivity index (χ2v) is 5.07. The van der Waals surface area contributed by atoms with Crippen molar-refractivity contribution in [1.82, 2.24) is 10.2 Å². The van der Waals surface area contributed by atoms with Crippen LogP contribution < -0.4 is 0 Å². The van der Waals surface area contributed by atoms with Crippen LogP contribution in [-0.2, 0) is 4.74 Å². The highest BCUT2D eigenvalue weighted by atomic mass is 79.9. The van der Waals surface area contributed by atoms with Crippen molar-refractivity contribution in [2.45, 2.75) is 18.8 Å². The van der Waals surface area contributed by atoms with E-state index in [2.05, 4.69) is 26.1 Å². The van der Waals surface area contributed by atoms with Gasteiger partial charge in [-0.25, -0.2) is 0 Å². The van der Waals surface area contributed by atoms with Crippen LogP contribution in [0.25, 0.3) is 0 Å². The molecule has 0 aromatic carbocycles. The highest BCUT2D eigenvalue weighted by molar-refractivity contribution is 9.11.